The van der Waals surface area contributed by atoms with Crippen LogP contribution < -0.4 is 31.9 Å². The highest BCUT2D eigenvalue weighted by molar-refractivity contribution is 7.99. The van der Waals surface area contributed by atoms with Crippen LogP contribution in [0, 0.1) is 0 Å². The Bertz CT molecular complexity index is 1330. The summed E-state index contributed by atoms with van der Waals surface area (Å²) in [6.07, 6.45) is -13.8. The highest BCUT2D eigenvalue weighted by Gasteiger charge is 2.57. The van der Waals surface area contributed by atoms with Crippen molar-refractivity contribution in [1.82, 2.24) is 31.9 Å². The SMILES string of the molecule is CNC(=O)CNC(=O)C(CS[C@H]1O[C@H](CO[C@]2(C(=O)O)C[C@H](O)[C@@H](NC(C)=O)[C@H]([C@H](O)[C@H](O)CO)O2)[C@H](O)[C@H](O)[C@H]1NC(C)=O)NC(=O)CNC(C)=O. The average molecular weight is 785 g/mol. The normalized spacial score (nSPS) is 30.1. The third-order valence-electron chi connectivity index (χ3n) is 8.02. The number of hydrogen-bond donors (Lipinski definition) is 13. The predicted molar refractivity (Wildman–Crippen MR) is 177 cm³/mol. The Morgan fingerprint density at radius 1 is 0.887 bits per heavy atom. The smallest absolute Gasteiger partial charge is 0.364 e. The van der Waals surface area contributed by atoms with Gasteiger partial charge >= 0.3 is 5.97 Å². The van der Waals surface area contributed by atoms with Crippen LogP contribution in [0.25, 0.3) is 0 Å². The predicted octanol–water partition coefficient (Wildman–Crippen LogP) is -7.68. The molecule has 2 aliphatic heterocycles. The van der Waals surface area contributed by atoms with Crippen molar-refractivity contribution in [3.05, 3.63) is 0 Å². The van der Waals surface area contributed by atoms with E-state index in [1.165, 1.54) is 7.05 Å². The lowest BCUT2D eigenvalue weighted by Gasteiger charge is -2.47. The molecule has 53 heavy (non-hydrogen) atoms. The Kier molecular flexibility index (Phi) is 17.7. The quantitative estimate of drug-likeness (QED) is 0.0614. The van der Waals surface area contributed by atoms with Crippen molar-refractivity contribution in [2.24, 2.45) is 0 Å². The number of carbonyl (C=O) groups excluding carboxylic acids is 6. The minimum atomic E-state index is -2.83. The first kappa shape index (κ1) is 45.4. The molecule has 13 N–H and O–H groups in total. The minimum absolute atomic E-state index is 0.353. The zero-order valence-electron chi connectivity index (χ0n) is 29.2. The summed E-state index contributed by atoms with van der Waals surface area (Å²) in [5, 5.41) is 87.1. The molecule has 2 fully saturated rings. The van der Waals surface area contributed by atoms with E-state index in [0.717, 1.165) is 32.5 Å². The molecular weight excluding hydrogens is 736 g/mol. The van der Waals surface area contributed by atoms with Crippen LogP contribution in [0.1, 0.15) is 27.2 Å². The molecule has 302 valence electrons. The van der Waals surface area contributed by atoms with Crippen molar-refractivity contribution < 1.29 is 83.5 Å². The number of likely N-dealkylation sites (N-methyl/N-ethyl adjacent to an activating group) is 1. The molecule has 1 unspecified atom stereocenters. The molecule has 0 aromatic carbocycles. The van der Waals surface area contributed by atoms with Gasteiger partial charge in [-0.05, 0) is 0 Å². The second-order valence-electron chi connectivity index (χ2n) is 12.2. The van der Waals surface area contributed by atoms with Gasteiger partial charge in [-0.3, -0.25) is 28.8 Å². The molecule has 2 heterocycles. The van der Waals surface area contributed by atoms with Crippen LogP contribution in [0.2, 0.25) is 0 Å². The lowest BCUT2D eigenvalue weighted by atomic mass is 9.88. The number of aliphatic hydroxyl groups is 6. The lowest BCUT2D eigenvalue weighted by molar-refractivity contribution is -0.320. The number of nitrogens with one attached hydrogen (secondary N) is 6. The number of thioether (sulfide) groups is 1. The van der Waals surface area contributed by atoms with Crippen molar-refractivity contribution >= 4 is 53.2 Å². The molecule has 12 atom stereocenters. The van der Waals surface area contributed by atoms with Gasteiger partial charge in [0.1, 0.15) is 48.1 Å². The minimum Gasteiger partial charge on any atom is -0.477 e. The molecule has 2 aliphatic rings. The fourth-order valence-corrected chi connectivity index (χ4v) is 6.57. The number of ether oxygens (including phenoxy) is 3. The highest BCUT2D eigenvalue weighted by Crippen LogP contribution is 2.35. The van der Waals surface area contributed by atoms with Gasteiger partial charge < -0.3 is 81.9 Å². The highest BCUT2D eigenvalue weighted by atomic mass is 32.2. The third-order valence-corrected chi connectivity index (χ3v) is 9.28. The summed E-state index contributed by atoms with van der Waals surface area (Å²) in [5.74, 6) is -9.18. The largest absolute Gasteiger partial charge is 0.477 e. The summed E-state index contributed by atoms with van der Waals surface area (Å²) in [7, 11) is 1.33. The fourth-order valence-electron chi connectivity index (χ4n) is 5.30. The number of aliphatic hydroxyl groups excluding tert-OH is 6. The topological polar surface area (TPSA) is 361 Å². The van der Waals surface area contributed by atoms with Crippen molar-refractivity contribution in [1.29, 1.82) is 0 Å². The summed E-state index contributed by atoms with van der Waals surface area (Å²) in [4.78, 5) is 84.9. The van der Waals surface area contributed by atoms with Crippen LogP contribution in [-0.4, -0.2) is 188 Å². The first-order valence-electron chi connectivity index (χ1n) is 16.2. The Labute approximate surface area is 306 Å². The van der Waals surface area contributed by atoms with Gasteiger partial charge in [-0.15, -0.1) is 11.8 Å². The van der Waals surface area contributed by atoms with Gasteiger partial charge in [0, 0.05) is 40.0 Å². The van der Waals surface area contributed by atoms with Gasteiger partial charge in [0.05, 0.1) is 44.5 Å². The van der Waals surface area contributed by atoms with Crippen LogP contribution in [0.3, 0.4) is 0 Å². The van der Waals surface area contributed by atoms with Crippen molar-refractivity contribution in [2.45, 2.75) is 99.3 Å². The van der Waals surface area contributed by atoms with Crippen LogP contribution in [0.5, 0.6) is 0 Å². The molecule has 0 radical (unpaired) electrons. The number of aliphatic carboxylic acids is 1. The van der Waals surface area contributed by atoms with E-state index in [-0.39, 0.29) is 5.75 Å². The molecule has 2 saturated heterocycles. The molecular formula is C29H48N6O17S. The van der Waals surface area contributed by atoms with Gasteiger partial charge in [0.2, 0.25) is 35.4 Å². The van der Waals surface area contributed by atoms with E-state index < -0.39 is 146 Å². The number of carboxylic acid groups (broad SMARTS) is 1. The molecule has 0 aliphatic carbocycles. The van der Waals surface area contributed by atoms with Crippen molar-refractivity contribution in [2.75, 3.05) is 39.1 Å². The van der Waals surface area contributed by atoms with Crippen molar-refractivity contribution in [3.8, 4) is 0 Å². The van der Waals surface area contributed by atoms with Crippen molar-refractivity contribution in [3.63, 3.8) is 0 Å². The van der Waals surface area contributed by atoms with Gasteiger partial charge in [-0.1, -0.05) is 0 Å². The molecule has 0 saturated carbocycles. The number of hydrogen-bond acceptors (Lipinski definition) is 17. The molecule has 0 bridgehead atoms. The zero-order chi connectivity index (χ0) is 40.2. The van der Waals surface area contributed by atoms with Crippen LogP contribution in [-0.2, 0) is 47.8 Å². The summed E-state index contributed by atoms with van der Waals surface area (Å²) in [6, 6.07) is -4.25. The molecule has 0 spiro atoms. The molecule has 24 heteroatoms. The van der Waals surface area contributed by atoms with Gasteiger partial charge in [0.15, 0.2) is 0 Å². The standard InChI is InChI=1S/C29H48N6O17S/c1-11(37)31-7-19(43)35-14(26(47)32-6-18(42)30-4)10-53-27-21(34-13(3)39)24(46)23(45)17(51-27)9-50-29(28(48)49)5-15(40)20(33-12(2)38)25(52-29)22(44)16(41)8-36/h14-17,20-25,27,36,40-41,44-46H,5-10H2,1-4H3,(H,30,42)(H,31,37)(H,32,47)(H,33,38)(H,34,39)(H,35,43)(H,48,49)/t14?,15-,16+,17+,20+,21+,22+,23-,24+,25+,27+,29+/m0/s1. The maximum absolute atomic E-state index is 13.0. The molecule has 6 amide bonds. The maximum Gasteiger partial charge on any atom is 0.364 e. The van der Waals surface area contributed by atoms with Gasteiger partial charge in [-0.2, -0.15) is 0 Å². The van der Waals surface area contributed by atoms with E-state index >= 15 is 0 Å². The van der Waals surface area contributed by atoms with E-state index in [4.69, 9.17) is 14.2 Å². The Morgan fingerprint density at radius 2 is 1.49 bits per heavy atom. The number of carboxylic acids is 1. The number of amides is 6. The summed E-state index contributed by atoms with van der Waals surface area (Å²) in [5.41, 5.74) is -1.34. The maximum atomic E-state index is 13.0. The number of carbonyl (C=O) groups is 7. The van der Waals surface area contributed by atoms with E-state index in [0.29, 0.717) is 0 Å². The summed E-state index contributed by atoms with van der Waals surface area (Å²) < 4.78 is 17.0. The summed E-state index contributed by atoms with van der Waals surface area (Å²) in [6.45, 7) is 0.414. The zero-order valence-corrected chi connectivity index (χ0v) is 30.0. The Hall–Kier alpha value is -3.72. The first-order chi connectivity index (χ1) is 24.8. The third kappa shape index (κ3) is 13.0. The Morgan fingerprint density at radius 3 is 2.04 bits per heavy atom. The second kappa shape index (κ2) is 20.7. The van der Waals surface area contributed by atoms with E-state index in [1.54, 1.807) is 0 Å². The first-order valence-corrected chi connectivity index (χ1v) is 17.2. The molecule has 0 aromatic rings. The monoisotopic (exact) mass is 784 g/mol. The van der Waals surface area contributed by atoms with E-state index in [1.807, 2.05) is 0 Å². The van der Waals surface area contributed by atoms with Crippen LogP contribution in [0.4, 0.5) is 0 Å². The molecule has 2 rings (SSSR count). The fraction of sp³-hybridized carbons (Fsp3) is 0.759. The van der Waals surface area contributed by atoms with Gasteiger partial charge in [0.25, 0.3) is 5.79 Å². The molecule has 23 nitrogen and oxygen atoms in total. The van der Waals surface area contributed by atoms with Gasteiger partial charge in [-0.25, -0.2) is 4.79 Å². The van der Waals surface area contributed by atoms with E-state index in [9.17, 15) is 69.3 Å². The summed E-state index contributed by atoms with van der Waals surface area (Å²) >= 11 is 0.744. The number of rotatable bonds is 18. The average Bonchev–Trinajstić information content (AvgIpc) is 3.09. The molecule has 0 aromatic heterocycles. The van der Waals surface area contributed by atoms with Crippen LogP contribution >= 0.6 is 11.8 Å². The van der Waals surface area contributed by atoms with E-state index in [2.05, 4.69) is 31.9 Å². The Balaban J connectivity index is 2.36. The second-order valence-corrected chi connectivity index (χ2v) is 13.3. The lowest BCUT2D eigenvalue weighted by Crippen LogP contribution is -2.68. The van der Waals surface area contributed by atoms with Crippen LogP contribution in [0.15, 0.2) is 0 Å².